The third kappa shape index (κ3) is 3.12. The number of benzene rings is 1. The molecule has 0 amide bonds. The number of anilines is 1. The molecule has 0 aromatic heterocycles. The van der Waals surface area contributed by atoms with Crippen molar-refractivity contribution in [2.24, 2.45) is 0 Å². The molecule has 0 saturated carbocycles. The molecule has 0 fully saturated rings. The average molecular weight is 304 g/mol. The first kappa shape index (κ1) is 12.8. The minimum atomic E-state index is -0.554. The molecule has 0 radical (unpaired) electrons. The van der Waals surface area contributed by atoms with Crippen LogP contribution in [0.5, 0.6) is 0 Å². The van der Waals surface area contributed by atoms with Gasteiger partial charge in [0.25, 0.3) is 5.69 Å². The van der Waals surface area contributed by atoms with Gasteiger partial charge in [-0.15, -0.1) is 0 Å². The van der Waals surface area contributed by atoms with Crippen LogP contribution in [0.2, 0.25) is 5.02 Å². The van der Waals surface area contributed by atoms with E-state index >= 15 is 0 Å². The van der Waals surface area contributed by atoms with E-state index < -0.39 is 4.92 Å². The van der Waals surface area contributed by atoms with Crippen molar-refractivity contribution in [3.8, 4) is 11.8 Å². The van der Waals surface area contributed by atoms with E-state index in [0.717, 1.165) is 5.33 Å². The van der Waals surface area contributed by atoms with Crippen LogP contribution in [0.4, 0.5) is 11.4 Å². The normalized spacial score (nSPS) is 9.38. The van der Waals surface area contributed by atoms with Gasteiger partial charge in [-0.3, -0.25) is 10.1 Å². The van der Waals surface area contributed by atoms with E-state index in [2.05, 4.69) is 27.8 Å². The SMILES string of the molecule is Nc1cc(Cl)c(C#CCCBr)cc1[N+](=O)[O-]. The van der Waals surface area contributed by atoms with E-state index in [1.165, 1.54) is 12.1 Å². The first-order valence-corrected chi connectivity index (χ1v) is 5.84. The summed E-state index contributed by atoms with van der Waals surface area (Å²) in [5, 5.41) is 11.7. The van der Waals surface area contributed by atoms with Crippen molar-refractivity contribution in [1.82, 2.24) is 0 Å². The highest BCUT2D eigenvalue weighted by molar-refractivity contribution is 9.09. The van der Waals surface area contributed by atoms with Crippen LogP contribution < -0.4 is 5.73 Å². The summed E-state index contributed by atoms with van der Waals surface area (Å²) < 4.78 is 0. The Balaban J connectivity index is 3.16. The molecule has 0 atom stereocenters. The second-order valence-electron chi connectivity index (χ2n) is 2.89. The summed E-state index contributed by atoms with van der Waals surface area (Å²) in [7, 11) is 0. The van der Waals surface area contributed by atoms with Crippen LogP contribution in [0.25, 0.3) is 0 Å². The van der Waals surface area contributed by atoms with Gasteiger partial charge in [-0.2, -0.15) is 0 Å². The number of nitro groups is 1. The topological polar surface area (TPSA) is 69.2 Å². The molecule has 84 valence electrons. The maximum absolute atomic E-state index is 10.6. The molecule has 0 saturated heterocycles. The molecule has 4 nitrogen and oxygen atoms in total. The standard InChI is InChI=1S/C10H8BrClN2O2/c11-4-2-1-3-7-5-10(14(15)16)9(13)6-8(7)12/h5-6H,2,4,13H2. The quantitative estimate of drug-likeness (QED) is 0.300. The Bertz CT molecular complexity index is 480. The Morgan fingerprint density at radius 3 is 2.81 bits per heavy atom. The van der Waals surface area contributed by atoms with E-state index in [1.807, 2.05) is 0 Å². The molecule has 1 rings (SSSR count). The number of nitrogen functional groups attached to an aromatic ring is 1. The number of alkyl halides is 1. The highest BCUT2D eigenvalue weighted by Gasteiger charge is 2.14. The van der Waals surface area contributed by atoms with Gasteiger partial charge >= 0.3 is 0 Å². The van der Waals surface area contributed by atoms with Gasteiger partial charge in [0.2, 0.25) is 0 Å². The van der Waals surface area contributed by atoms with Crippen LogP contribution in [-0.4, -0.2) is 10.3 Å². The van der Waals surface area contributed by atoms with Gasteiger partial charge in [0.15, 0.2) is 0 Å². The fourth-order valence-corrected chi connectivity index (χ4v) is 1.45. The van der Waals surface area contributed by atoms with Gasteiger partial charge in [-0.25, -0.2) is 0 Å². The smallest absolute Gasteiger partial charge is 0.293 e. The molecule has 0 spiro atoms. The largest absolute Gasteiger partial charge is 0.393 e. The fourth-order valence-electron chi connectivity index (χ4n) is 1.04. The Kier molecular flexibility index (Phi) is 4.59. The molecule has 0 bridgehead atoms. The third-order valence-electron chi connectivity index (χ3n) is 1.76. The summed E-state index contributed by atoms with van der Waals surface area (Å²) in [5.74, 6) is 5.60. The highest BCUT2D eigenvalue weighted by atomic mass is 79.9. The molecule has 0 aliphatic rings. The number of halogens is 2. The first-order valence-electron chi connectivity index (χ1n) is 4.34. The predicted molar refractivity (Wildman–Crippen MR) is 67.8 cm³/mol. The van der Waals surface area contributed by atoms with E-state index in [-0.39, 0.29) is 11.4 Å². The highest BCUT2D eigenvalue weighted by Crippen LogP contribution is 2.28. The maximum Gasteiger partial charge on any atom is 0.293 e. The number of rotatable bonds is 2. The minimum absolute atomic E-state index is 0.0426. The summed E-state index contributed by atoms with van der Waals surface area (Å²) in [6, 6.07) is 2.64. The monoisotopic (exact) mass is 302 g/mol. The Hall–Kier alpha value is -1.25. The lowest BCUT2D eigenvalue weighted by atomic mass is 10.1. The average Bonchev–Trinajstić information content (AvgIpc) is 2.21. The number of nitrogens with zero attached hydrogens (tertiary/aromatic N) is 1. The zero-order valence-electron chi connectivity index (χ0n) is 8.17. The van der Waals surface area contributed by atoms with Crippen molar-refractivity contribution in [3.63, 3.8) is 0 Å². The predicted octanol–water partition coefficient (Wildman–Crippen LogP) is 2.97. The second kappa shape index (κ2) is 5.73. The molecule has 0 aliphatic carbocycles. The number of hydrogen-bond acceptors (Lipinski definition) is 3. The van der Waals surface area contributed by atoms with Crippen molar-refractivity contribution in [2.75, 3.05) is 11.1 Å². The number of nitro benzene ring substituents is 1. The van der Waals surface area contributed by atoms with Gasteiger partial charge in [-0.05, 0) is 6.07 Å². The van der Waals surface area contributed by atoms with Crippen molar-refractivity contribution >= 4 is 38.9 Å². The molecular formula is C10H8BrClN2O2. The van der Waals surface area contributed by atoms with Crippen LogP contribution in [0.15, 0.2) is 12.1 Å². The fraction of sp³-hybridized carbons (Fsp3) is 0.200. The van der Waals surface area contributed by atoms with Crippen LogP contribution in [-0.2, 0) is 0 Å². The van der Waals surface area contributed by atoms with E-state index in [4.69, 9.17) is 17.3 Å². The van der Waals surface area contributed by atoms with Gasteiger partial charge < -0.3 is 5.73 Å². The molecule has 0 heterocycles. The van der Waals surface area contributed by atoms with Crippen molar-refractivity contribution in [3.05, 3.63) is 32.8 Å². The zero-order valence-corrected chi connectivity index (χ0v) is 10.5. The van der Waals surface area contributed by atoms with Crippen LogP contribution in [0.1, 0.15) is 12.0 Å². The molecule has 1 aromatic carbocycles. The summed E-state index contributed by atoms with van der Waals surface area (Å²) in [6.45, 7) is 0. The van der Waals surface area contributed by atoms with Crippen molar-refractivity contribution < 1.29 is 4.92 Å². The van der Waals surface area contributed by atoms with Gasteiger partial charge in [0.1, 0.15) is 5.69 Å². The Labute approximate surface area is 106 Å². The lowest BCUT2D eigenvalue weighted by molar-refractivity contribution is -0.383. The van der Waals surface area contributed by atoms with E-state index in [1.54, 1.807) is 0 Å². The summed E-state index contributed by atoms with van der Waals surface area (Å²) >= 11 is 9.10. The molecule has 1 aromatic rings. The zero-order chi connectivity index (χ0) is 12.1. The third-order valence-corrected chi connectivity index (χ3v) is 2.46. The minimum Gasteiger partial charge on any atom is -0.393 e. The molecule has 0 unspecified atom stereocenters. The summed E-state index contributed by atoms with van der Waals surface area (Å²) in [5.41, 5.74) is 5.75. The molecular weight excluding hydrogens is 295 g/mol. The molecule has 0 aliphatic heterocycles. The first-order chi connectivity index (χ1) is 7.56. The van der Waals surface area contributed by atoms with Crippen LogP contribution in [0, 0.1) is 22.0 Å². The van der Waals surface area contributed by atoms with Gasteiger partial charge in [-0.1, -0.05) is 39.4 Å². The number of nitrogens with two attached hydrogens (primary N) is 1. The summed E-state index contributed by atoms with van der Waals surface area (Å²) in [6.07, 6.45) is 0.647. The van der Waals surface area contributed by atoms with Gasteiger partial charge in [0.05, 0.1) is 15.5 Å². The summed E-state index contributed by atoms with van der Waals surface area (Å²) in [4.78, 5) is 10.1. The lowest BCUT2D eigenvalue weighted by Gasteiger charge is -2.00. The lowest BCUT2D eigenvalue weighted by Crippen LogP contribution is -1.96. The molecule has 2 N–H and O–H groups in total. The molecule has 6 heteroatoms. The van der Waals surface area contributed by atoms with Crippen molar-refractivity contribution in [1.29, 1.82) is 0 Å². The van der Waals surface area contributed by atoms with Crippen LogP contribution in [0.3, 0.4) is 0 Å². The van der Waals surface area contributed by atoms with Crippen LogP contribution >= 0.6 is 27.5 Å². The second-order valence-corrected chi connectivity index (χ2v) is 4.09. The maximum atomic E-state index is 10.6. The Morgan fingerprint density at radius 2 is 2.25 bits per heavy atom. The Morgan fingerprint density at radius 1 is 1.56 bits per heavy atom. The number of hydrogen-bond donors (Lipinski definition) is 1. The van der Waals surface area contributed by atoms with Gasteiger partial charge in [0, 0.05) is 17.8 Å². The van der Waals surface area contributed by atoms with E-state index in [9.17, 15) is 10.1 Å². The van der Waals surface area contributed by atoms with E-state index in [0.29, 0.717) is 17.0 Å². The molecule has 16 heavy (non-hydrogen) atoms. The van der Waals surface area contributed by atoms with Crippen molar-refractivity contribution in [2.45, 2.75) is 6.42 Å².